The Bertz CT molecular complexity index is 640. The molecule has 1 fully saturated rings. The summed E-state index contributed by atoms with van der Waals surface area (Å²) in [4.78, 5) is 27.5. The Balaban J connectivity index is 1.95. The van der Waals surface area contributed by atoms with Crippen molar-refractivity contribution in [3.63, 3.8) is 0 Å². The minimum absolute atomic E-state index is 0.0345. The first kappa shape index (κ1) is 21.7. The monoisotopic (exact) mass is 395 g/mol. The van der Waals surface area contributed by atoms with Crippen LogP contribution in [0.4, 0.5) is 0 Å². The Morgan fingerprint density at radius 2 is 1.78 bits per heavy atom. The molecule has 7 heteroatoms. The number of benzene rings is 1. The van der Waals surface area contributed by atoms with Crippen molar-refractivity contribution in [2.24, 2.45) is 5.92 Å². The summed E-state index contributed by atoms with van der Waals surface area (Å²) < 4.78 is 5.40. The molecule has 1 atom stereocenters. The Kier molecular flexibility index (Phi) is 7.65. The van der Waals surface area contributed by atoms with Crippen LogP contribution in [0.3, 0.4) is 0 Å². The van der Waals surface area contributed by atoms with Gasteiger partial charge in [0, 0.05) is 35.8 Å². The number of amides is 2. The first-order chi connectivity index (χ1) is 12.7. The molecule has 1 saturated heterocycles. The summed E-state index contributed by atoms with van der Waals surface area (Å²) >= 11 is 5.86. The molecule has 0 unspecified atom stereocenters. The number of hydrogen-bond acceptors (Lipinski definition) is 4. The highest BCUT2D eigenvalue weighted by Crippen LogP contribution is 2.16. The Labute approximate surface area is 166 Å². The molecule has 2 amide bonds. The molecule has 0 spiro atoms. The van der Waals surface area contributed by atoms with Gasteiger partial charge in [-0.3, -0.25) is 14.5 Å². The summed E-state index contributed by atoms with van der Waals surface area (Å²) in [6.45, 7) is 11.7. The first-order valence-corrected chi connectivity index (χ1v) is 9.75. The second kappa shape index (κ2) is 9.53. The molecule has 150 valence electrons. The second-order valence-corrected chi connectivity index (χ2v) is 8.27. The van der Waals surface area contributed by atoms with E-state index in [1.165, 1.54) is 0 Å². The van der Waals surface area contributed by atoms with Crippen molar-refractivity contribution < 1.29 is 14.3 Å². The van der Waals surface area contributed by atoms with Crippen LogP contribution in [0.15, 0.2) is 24.3 Å². The highest BCUT2D eigenvalue weighted by atomic mass is 35.5. The molecule has 0 bridgehead atoms. The fourth-order valence-corrected chi connectivity index (χ4v) is 3.18. The van der Waals surface area contributed by atoms with Crippen LogP contribution in [0.25, 0.3) is 0 Å². The summed E-state index contributed by atoms with van der Waals surface area (Å²) in [6, 6.07) is 6.01. The van der Waals surface area contributed by atoms with Crippen LogP contribution < -0.4 is 10.6 Å². The van der Waals surface area contributed by atoms with E-state index in [9.17, 15) is 9.59 Å². The number of ether oxygens (including phenoxy) is 1. The number of halogens is 1. The van der Waals surface area contributed by atoms with E-state index < -0.39 is 6.04 Å². The van der Waals surface area contributed by atoms with Gasteiger partial charge >= 0.3 is 0 Å². The van der Waals surface area contributed by atoms with Gasteiger partial charge in [0.25, 0.3) is 5.91 Å². The van der Waals surface area contributed by atoms with Gasteiger partial charge in [0.15, 0.2) is 0 Å². The van der Waals surface area contributed by atoms with Crippen molar-refractivity contribution in [1.82, 2.24) is 15.5 Å². The van der Waals surface area contributed by atoms with E-state index in [2.05, 4.69) is 29.4 Å². The molecule has 1 aromatic rings. The van der Waals surface area contributed by atoms with Crippen molar-refractivity contribution in [1.29, 1.82) is 0 Å². The number of rotatable bonds is 7. The van der Waals surface area contributed by atoms with Gasteiger partial charge in [-0.15, -0.1) is 0 Å². The van der Waals surface area contributed by atoms with Gasteiger partial charge in [-0.25, -0.2) is 0 Å². The SMILES string of the molecule is CC(C)[C@H](NC(=O)c1ccc(Cl)cc1)C(=O)NCC(C)(C)N1CCOCC1. The van der Waals surface area contributed by atoms with Crippen molar-refractivity contribution >= 4 is 23.4 Å². The highest BCUT2D eigenvalue weighted by molar-refractivity contribution is 6.30. The minimum atomic E-state index is -0.603. The maximum Gasteiger partial charge on any atom is 0.251 e. The van der Waals surface area contributed by atoms with Crippen LogP contribution in [0.5, 0.6) is 0 Å². The van der Waals surface area contributed by atoms with E-state index in [1.54, 1.807) is 24.3 Å². The quantitative estimate of drug-likeness (QED) is 0.743. The Hall–Kier alpha value is -1.63. The zero-order chi connectivity index (χ0) is 20.0. The van der Waals surface area contributed by atoms with Crippen LogP contribution in [0.1, 0.15) is 38.1 Å². The van der Waals surface area contributed by atoms with Crippen molar-refractivity contribution in [3.05, 3.63) is 34.9 Å². The molecule has 6 nitrogen and oxygen atoms in total. The summed E-state index contributed by atoms with van der Waals surface area (Å²) in [5.74, 6) is -0.491. The number of nitrogens with zero attached hydrogens (tertiary/aromatic N) is 1. The van der Waals surface area contributed by atoms with E-state index in [4.69, 9.17) is 16.3 Å². The smallest absolute Gasteiger partial charge is 0.251 e. The molecule has 1 aliphatic heterocycles. The van der Waals surface area contributed by atoms with Crippen LogP contribution >= 0.6 is 11.6 Å². The Morgan fingerprint density at radius 1 is 1.19 bits per heavy atom. The third kappa shape index (κ3) is 6.19. The van der Waals surface area contributed by atoms with Gasteiger partial charge in [-0.2, -0.15) is 0 Å². The normalized spacial score (nSPS) is 16.8. The Morgan fingerprint density at radius 3 is 2.33 bits per heavy atom. The lowest BCUT2D eigenvalue weighted by molar-refractivity contribution is -0.124. The van der Waals surface area contributed by atoms with E-state index in [1.807, 2.05) is 13.8 Å². The summed E-state index contributed by atoms with van der Waals surface area (Å²) in [5.41, 5.74) is 0.299. The lowest BCUT2D eigenvalue weighted by Crippen LogP contribution is -2.58. The summed E-state index contributed by atoms with van der Waals surface area (Å²) in [5, 5.41) is 6.42. The molecule has 1 aromatic carbocycles. The average Bonchev–Trinajstić information content (AvgIpc) is 2.65. The molecule has 0 radical (unpaired) electrons. The molecular weight excluding hydrogens is 366 g/mol. The van der Waals surface area contributed by atoms with Gasteiger partial charge in [-0.1, -0.05) is 25.4 Å². The number of hydrogen-bond donors (Lipinski definition) is 2. The minimum Gasteiger partial charge on any atom is -0.379 e. The van der Waals surface area contributed by atoms with Crippen molar-refractivity contribution in [2.75, 3.05) is 32.8 Å². The largest absolute Gasteiger partial charge is 0.379 e. The van der Waals surface area contributed by atoms with E-state index >= 15 is 0 Å². The maximum atomic E-state index is 12.7. The van der Waals surface area contributed by atoms with E-state index in [-0.39, 0.29) is 23.3 Å². The van der Waals surface area contributed by atoms with E-state index in [0.717, 1.165) is 13.1 Å². The number of carbonyl (C=O) groups is 2. The van der Waals surface area contributed by atoms with Gasteiger partial charge < -0.3 is 15.4 Å². The molecule has 0 aliphatic carbocycles. The molecule has 1 aliphatic rings. The van der Waals surface area contributed by atoms with Gasteiger partial charge in [0.05, 0.1) is 13.2 Å². The summed E-state index contributed by atoms with van der Waals surface area (Å²) in [6.07, 6.45) is 0. The predicted molar refractivity (Wildman–Crippen MR) is 107 cm³/mol. The molecule has 2 rings (SSSR count). The topological polar surface area (TPSA) is 70.7 Å². The number of morpholine rings is 1. The molecule has 0 aromatic heterocycles. The molecule has 0 saturated carbocycles. The first-order valence-electron chi connectivity index (χ1n) is 9.37. The van der Waals surface area contributed by atoms with Crippen LogP contribution in [0.2, 0.25) is 5.02 Å². The zero-order valence-corrected chi connectivity index (χ0v) is 17.3. The number of nitrogens with one attached hydrogen (secondary N) is 2. The fraction of sp³-hybridized carbons (Fsp3) is 0.600. The average molecular weight is 396 g/mol. The fourth-order valence-electron chi connectivity index (χ4n) is 3.05. The van der Waals surface area contributed by atoms with Crippen LogP contribution in [-0.2, 0) is 9.53 Å². The van der Waals surface area contributed by atoms with Gasteiger partial charge in [0.1, 0.15) is 6.04 Å². The van der Waals surface area contributed by atoms with Crippen LogP contribution in [-0.4, -0.2) is 61.1 Å². The summed E-state index contributed by atoms with van der Waals surface area (Å²) in [7, 11) is 0. The molecule has 27 heavy (non-hydrogen) atoms. The van der Waals surface area contributed by atoms with Crippen LogP contribution in [0, 0.1) is 5.92 Å². The number of carbonyl (C=O) groups excluding carboxylic acids is 2. The molecule has 2 N–H and O–H groups in total. The van der Waals surface area contributed by atoms with Crippen molar-refractivity contribution in [3.8, 4) is 0 Å². The molecule has 1 heterocycles. The third-order valence-electron chi connectivity index (χ3n) is 4.90. The van der Waals surface area contributed by atoms with E-state index in [0.29, 0.717) is 30.3 Å². The standard InChI is InChI=1S/C20H30ClN3O3/c1-14(2)17(23-18(25)15-5-7-16(21)8-6-15)19(26)22-13-20(3,4)24-9-11-27-12-10-24/h5-8,14,17H,9-13H2,1-4H3,(H,22,26)(H,23,25)/t17-/m0/s1. The van der Waals surface area contributed by atoms with Crippen molar-refractivity contribution in [2.45, 2.75) is 39.3 Å². The molecular formula is C20H30ClN3O3. The lowest BCUT2D eigenvalue weighted by Gasteiger charge is -2.41. The third-order valence-corrected chi connectivity index (χ3v) is 5.16. The highest BCUT2D eigenvalue weighted by Gasteiger charge is 2.31. The second-order valence-electron chi connectivity index (χ2n) is 7.83. The van der Waals surface area contributed by atoms with Gasteiger partial charge in [0.2, 0.25) is 5.91 Å². The van der Waals surface area contributed by atoms with Gasteiger partial charge in [-0.05, 0) is 44.0 Å². The maximum absolute atomic E-state index is 12.7. The zero-order valence-electron chi connectivity index (χ0n) is 16.5. The lowest BCUT2D eigenvalue weighted by atomic mass is 9.99. The predicted octanol–water partition coefficient (Wildman–Crippen LogP) is 2.32.